The first-order valence-corrected chi connectivity index (χ1v) is 5.49. The molecule has 0 radical (unpaired) electrons. The largest absolute Gasteiger partial charge is 0.457 e. The highest BCUT2D eigenvalue weighted by Gasteiger charge is 2.05. The van der Waals surface area contributed by atoms with Crippen LogP contribution in [-0.4, -0.2) is 10.3 Å². The highest BCUT2D eigenvalue weighted by molar-refractivity contribution is 5.74. The molecule has 5 heteroatoms. The van der Waals surface area contributed by atoms with Crippen LogP contribution in [0.25, 0.3) is 11.0 Å². The summed E-state index contributed by atoms with van der Waals surface area (Å²) in [5.41, 5.74) is 8.77. The van der Waals surface area contributed by atoms with Crippen molar-refractivity contribution in [3.63, 3.8) is 0 Å². The van der Waals surface area contributed by atoms with Gasteiger partial charge in [-0.25, -0.2) is 4.63 Å². The number of ether oxygens (including phenoxy) is 1. The lowest BCUT2D eigenvalue weighted by Crippen LogP contribution is -1.90. The second-order valence-electron chi connectivity index (χ2n) is 4.04. The first-order valence-electron chi connectivity index (χ1n) is 5.49. The van der Waals surface area contributed by atoms with E-state index in [1.54, 1.807) is 18.2 Å². The standard InChI is InChI=1S/C13H11N3O2/c1-8-6-9(14)2-5-13(8)17-10-3-4-11-12(7-10)16-18-15-11/h2-7H,14H2,1H3. The van der Waals surface area contributed by atoms with Crippen LogP contribution in [0.2, 0.25) is 0 Å². The molecule has 0 amide bonds. The molecule has 0 atom stereocenters. The van der Waals surface area contributed by atoms with E-state index in [4.69, 9.17) is 10.5 Å². The first kappa shape index (κ1) is 10.6. The quantitative estimate of drug-likeness (QED) is 0.698. The van der Waals surface area contributed by atoms with Gasteiger partial charge >= 0.3 is 0 Å². The van der Waals surface area contributed by atoms with Crippen molar-refractivity contribution in [2.75, 3.05) is 5.73 Å². The van der Waals surface area contributed by atoms with Gasteiger partial charge in [0, 0.05) is 11.8 Å². The number of anilines is 1. The summed E-state index contributed by atoms with van der Waals surface area (Å²) in [6, 6.07) is 10.9. The predicted octanol–water partition coefficient (Wildman–Crippen LogP) is 2.91. The van der Waals surface area contributed by atoms with Gasteiger partial charge in [0.2, 0.25) is 0 Å². The van der Waals surface area contributed by atoms with Crippen LogP contribution in [0.5, 0.6) is 11.5 Å². The maximum atomic E-state index is 5.78. The second kappa shape index (κ2) is 4.03. The van der Waals surface area contributed by atoms with Gasteiger partial charge in [-0.1, -0.05) is 0 Å². The van der Waals surface area contributed by atoms with Crippen molar-refractivity contribution in [1.82, 2.24) is 10.3 Å². The summed E-state index contributed by atoms with van der Waals surface area (Å²) in [7, 11) is 0. The van der Waals surface area contributed by atoms with Crippen LogP contribution in [0.4, 0.5) is 5.69 Å². The number of benzene rings is 2. The fourth-order valence-corrected chi connectivity index (χ4v) is 1.74. The van der Waals surface area contributed by atoms with Gasteiger partial charge in [0.1, 0.15) is 22.5 Å². The Balaban J connectivity index is 1.95. The fraction of sp³-hybridized carbons (Fsp3) is 0.0769. The third-order valence-electron chi connectivity index (χ3n) is 2.65. The Hall–Kier alpha value is -2.56. The van der Waals surface area contributed by atoms with Gasteiger partial charge in [-0.15, -0.1) is 0 Å². The molecule has 3 rings (SSSR count). The molecule has 0 aliphatic carbocycles. The summed E-state index contributed by atoms with van der Waals surface area (Å²) < 4.78 is 10.4. The zero-order chi connectivity index (χ0) is 12.5. The lowest BCUT2D eigenvalue weighted by Gasteiger charge is -2.08. The van der Waals surface area contributed by atoms with E-state index in [1.165, 1.54) is 0 Å². The summed E-state index contributed by atoms with van der Waals surface area (Å²) in [5.74, 6) is 1.45. The Morgan fingerprint density at radius 3 is 2.72 bits per heavy atom. The Morgan fingerprint density at radius 1 is 1.06 bits per heavy atom. The minimum atomic E-state index is 0.667. The van der Waals surface area contributed by atoms with E-state index in [-0.39, 0.29) is 0 Å². The van der Waals surface area contributed by atoms with Crippen molar-refractivity contribution >= 4 is 16.7 Å². The minimum Gasteiger partial charge on any atom is -0.457 e. The molecule has 0 aliphatic rings. The highest BCUT2D eigenvalue weighted by Crippen LogP contribution is 2.27. The summed E-state index contributed by atoms with van der Waals surface area (Å²) in [6.07, 6.45) is 0. The van der Waals surface area contributed by atoms with Crippen molar-refractivity contribution in [2.24, 2.45) is 0 Å². The Kier molecular flexibility index (Phi) is 2.37. The fourth-order valence-electron chi connectivity index (χ4n) is 1.74. The molecule has 90 valence electrons. The topological polar surface area (TPSA) is 74.2 Å². The number of nitrogens with two attached hydrogens (primary N) is 1. The van der Waals surface area contributed by atoms with Crippen LogP contribution in [0, 0.1) is 6.92 Å². The van der Waals surface area contributed by atoms with Gasteiger partial charge in [0.05, 0.1) is 0 Å². The smallest absolute Gasteiger partial charge is 0.138 e. The van der Waals surface area contributed by atoms with E-state index >= 15 is 0 Å². The molecule has 2 aromatic carbocycles. The van der Waals surface area contributed by atoms with Crippen LogP contribution in [0.15, 0.2) is 41.0 Å². The number of fused-ring (bicyclic) bond motifs is 1. The Morgan fingerprint density at radius 2 is 1.89 bits per heavy atom. The van der Waals surface area contributed by atoms with Crippen molar-refractivity contribution in [1.29, 1.82) is 0 Å². The van der Waals surface area contributed by atoms with E-state index in [9.17, 15) is 0 Å². The van der Waals surface area contributed by atoms with Crippen molar-refractivity contribution < 1.29 is 9.37 Å². The molecule has 0 fully saturated rings. The average molecular weight is 241 g/mol. The van der Waals surface area contributed by atoms with Crippen LogP contribution < -0.4 is 10.5 Å². The molecule has 0 bridgehead atoms. The molecule has 0 aliphatic heterocycles. The normalized spacial score (nSPS) is 10.7. The molecule has 3 aromatic rings. The van der Waals surface area contributed by atoms with E-state index in [0.29, 0.717) is 16.8 Å². The third-order valence-corrected chi connectivity index (χ3v) is 2.65. The molecular weight excluding hydrogens is 230 g/mol. The average Bonchev–Trinajstić information content (AvgIpc) is 2.80. The predicted molar refractivity (Wildman–Crippen MR) is 67.5 cm³/mol. The van der Waals surface area contributed by atoms with Crippen molar-refractivity contribution in [3.8, 4) is 11.5 Å². The maximum Gasteiger partial charge on any atom is 0.138 e. The first-order chi connectivity index (χ1) is 8.72. The number of nitrogens with zero attached hydrogens (tertiary/aromatic N) is 2. The third kappa shape index (κ3) is 1.86. The lowest BCUT2D eigenvalue weighted by atomic mass is 10.2. The van der Waals surface area contributed by atoms with Gasteiger partial charge in [-0.05, 0) is 53.1 Å². The molecule has 0 spiro atoms. The molecule has 1 aromatic heterocycles. The number of hydrogen-bond donors (Lipinski definition) is 1. The van der Waals surface area contributed by atoms with Crippen LogP contribution >= 0.6 is 0 Å². The van der Waals surface area contributed by atoms with E-state index in [2.05, 4.69) is 14.9 Å². The van der Waals surface area contributed by atoms with Crippen LogP contribution in [0.3, 0.4) is 0 Å². The Bertz CT molecular complexity index is 706. The molecule has 0 saturated heterocycles. The number of hydrogen-bond acceptors (Lipinski definition) is 5. The zero-order valence-electron chi connectivity index (χ0n) is 9.75. The second-order valence-corrected chi connectivity index (χ2v) is 4.04. The van der Waals surface area contributed by atoms with Gasteiger partial charge in [0.15, 0.2) is 0 Å². The Labute approximate surface area is 103 Å². The minimum absolute atomic E-state index is 0.667. The van der Waals surface area contributed by atoms with Crippen molar-refractivity contribution in [2.45, 2.75) is 6.92 Å². The lowest BCUT2D eigenvalue weighted by molar-refractivity contribution is 0.315. The summed E-state index contributed by atoms with van der Waals surface area (Å²) in [4.78, 5) is 0. The monoisotopic (exact) mass is 241 g/mol. The van der Waals surface area contributed by atoms with E-state index in [0.717, 1.165) is 17.0 Å². The van der Waals surface area contributed by atoms with Crippen molar-refractivity contribution in [3.05, 3.63) is 42.0 Å². The molecule has 0 unspecified atom stereocenters. The number of aryl methyl sites for hydroxylation is 1. The summed E-state index contributed by atoms with van der Waals surface area (Å²) in [6.45, 7) is 1.95. The maximum absolute atomic E-state index is 5.78. The SMILES string of the molecule is Cc1cc(N)ccc1Oc1ccc2nonc2c1. The van der Waals surface area contributed by atoms with Gasteiger partial charge < -0.3 is 10.5 Å². The molecular formula is C13H11N3O2. The molecule has 5 nitrogen and oxygen atoms in total. The zero-order valence-corrected chi connectivity index (χ0v) is 9.75. The van der Waals surface area contributed by atoms with Crippen LogP contribution in [0.1, 0.15) is 5.56 Å². The number of nitrogen functional groups attached to an aromatic ring is 1. The molecule has 2 N–H and O–H groups in total. The van der Waals surface area contributed by atoms with Gasteiger partial charge in [0.25, 0.3) is 0 Å². The summed E-state index contributed by atoms with van der Waals surface area (Å²) >= 11 is 0. The van der Waals surface area contributed by atoms with Gasteiger partial charge in [-0.3, -0.25) is 0 Å². The molecule has 1 heterocycles. The van der Waals surface area contributed by atoms with E-state index < -0.39 is 0 Å². The van der Waals surface area contributed by atoms with Gasteiger partial charge in [-0.2, -0.15) is 0 Å². The highest BCUT2D eigenvalue weighted by atomic mass is 16.6. The van der Waals surface area contributed by atoms with Crippen LogP contribution in [-0.2, 0) is 0 Å². The molecule has 18 heavy (non-hydrogen) atoms. The molecule has 0 saturated carbocycles. The number of aromatic nitrogens is 2. The number of rotatable bonds is 2. The van der Waals surface area contributed by atoms with E-state index in [1.807, 2.05) is 25.1 Å². The summed E-state index contributed by atoms with van der Waals surface area (Å²) in [5, 5.41) is 7.51.